The van der Waals surface area contributed by atoms with Gasteiger partial charge in [0.1, 0.15) is 0 Å². The van der Waals surface area contributed by atoms with Gasteiger partial charge in [-0.05, 0) is 31.4 Å². The molecule has 0 spiro atoms. The lowest BCUT2D eigenvalue weighted by molar-refractivity contribution is -0.131. The Bertz CT molecular complexity index is 695. The van der Waals surface area contributed by atoms with Crippen molar-refractivity contribution in [1.82, 2.24) is 9.21 Å². The highest BCUT2D eigenvalue weighted by atomic mass is 32.2. The third-order valence-electron chi connectivity index (χ3n) is 4.58. The molecule has 0 radical (unpaired) electrons. The molecule has 1 saturated heterocycles. The number of hydrogen-bond donors (Lipinski definition) is 0. The Labute approximate surface area is 150 Å². The number of ether oxygens (including phenoxy) is 1. The van der Waals surface area contributed by atoms with Gasteiger partial charge < -0.3 is 9.64 Å². The first-order valence-corrected chi connectivity index (χ1v) is 10.2. The lowest BCUT2D eigenvalue weighted by atomic mass is 10.0. The first kappa shape index (κ1) is 19.9. The zero-order chi connectivity index (χ0) is 18.4. The SMILES string of the molecule is COCCCS(=O)(=O)N1CCN(C(=O)Cc2cc(C)ccc2C)CC1. The Hall–Kier alpha value is -1.44. The van der Waals surface area contributed by atoms with Gasteiger partial charge in [-0.1, -0.05) is 23.8 Å². The van der Waals surface area contributed by atoms with Crippen molar-refractivity contribution in [3.63, 3.8) is 0 Å². The van der Waals surface area contributed by atoms with E-state index in [0.29, 0.717) is 45.6 Å². The minimum Gasteiger partial charge on any atom is -0.385 e. The Morgan fingerprint density at radius 1 is 1.16 bits per heavy atom. The van der Waals surface area contributed by atoms with Crippen molar-refractivity contribution < 1.29 is 17.9 Å². The number of piperazine rings is 1. The number of methoxy groups -OCH3 is 1. The minimum absolute atomic E-state index is 0.0603. The van der Waals surface area contributed by atoms with E-state index in [9.17, 15) is 13.2 Å². The summed E-state index contributed by atoms with van der Waals surface area (Å²) in [5, 5.41) is 0. The third kappa shape index (κ3) is 5.52. The van der Waals surface area contributed by atoms with Crippen LogP contribution in [0.25, 0.3) is 0 Å². The summed E-state index contributed by atoms with van der Waals surface area (Å²) >= 11 is 0. The van der Waals surface area contributed by atoms with Gasteiger partial charge in [0.15, 0.2) is 0 Å². The summed E-state index contributed by atoms with van der Waals surface area (Å²) in [6.45, 7) is 6.10. The van der Waals surface area contributed by atoms with Crippen molar-refractivity contribution in [2.45, 2.75) is 26.7 Å². The number of amides is 1. The van der Waals surface area contributed by atoms with Crippen molar-refractivity contribution in [2.24, 2.45) is 0 Å². The molecule has 0 atom stereocenters. The molecule has 140 valence electrons. The van der Waals surface area contributed by atoms with Gasteiger partial charge in [0.25, 0.3) is 0 Å². The van der Waals surface area contributed by atoms with Gasteiger partial charge in [-0.25, -0.2) is 8.42 Å². The summed E-state index contributed by atoms with van der Waals surface area (Å²) < 4.78 is 31.0. The molecule has 7 heteroatoms. The topological polar surface area (TPSA) is 66.9 Å². The Kier molecular flexibility index (Phi) is 6.98. The quantitative estimate of drug-likeness (QED) is 0.682. The number of nitrogens with zero attached hydrogens (tertiary/aromatic N) is 2. The molecule has 1 fully saturated rings. The first-order chi connectivity index (χ1) is 11.8. The van der Waals surface area contributed by atoms with E-state index in [1.165, 1.54) is 4.31 Å². The minimum atomic E-state index is -3.26. The van der Waals surface area contributed by atoms with Crippen LogP contribution in [0.1, 0.15) is 23.1 Å². The first-order valence-electron chi connectivity index (χ1n) is 8.64. The van der Waals surface area contributed by atoms with Crippen LogP contribution >= 0.6 is 0 Å². The predicted molar refractivity (Wildman–Crippen MR) is 98.1 cm³/mol. The van der Waals surface area contributed by atoms with Crippen molar-refractivity contribution in [3.05, 3.63) is 34.9 Å². The summed E-state index contributed by atoms with van der Waals surface area (Å²) in [6, 6.07) is 6.11. The number of sulfonamides is 1. The van der Waals surface area contributed by atoms with Crippen LogP contribution in [0.5, 0.6) is 0 Å². The Morgan fingerprint density at radius 2 is 1.84 bits per heavy atom. The monoisotopic (exact) mass is 368 g/mol. The zero-order valence-corrected chi connectivity index (χ0v) is 16.1. The Balaban J connectivity index is 1.89. The van der Waals surface area contributed by atoms with Gasteiger partial charge in [-0.2, -0.15) is 4.31 Å². The molecule has 0 unspecified atom stereocenters. The fraction of sp³-hybridized carbons (Fsp3) is 0.611. The molecule has 1 aliphatic heterocycles. The van der Waals surface area contributed by atoms with E-state index in [0.717, 1.165) is 16.7 Å². The number of aryl methyl sites for hydroxylation is 2. The van der Waals surface area contributed by atoms with E-state index in [4.69, 9.17) is 4.74 Å². The smallest absolute Gasteiger partial charge is 0.227 e. The molecular weight excluding hydrogens is 340 g/mol. The standard InChI is InChI=1S/C18H28N2O4S/c1-15-5-6-16(2)17(13-15)14-18(21)19-7-9-20(10-8-19)25(22,23)12-4-11-24-3/h5-6,13H,4,7-12,14H2,1-3H3. The molecule has 0 N–H and O–H groups in total. The van der Waals surface area contributed by atoms with Crippen molar-refractivity contribution >= 4 is 15.9 Å². The highest BCUT2D eigenvalue weighted by molar-refractivity contribution is 7.89. The highest BCUT2D eigenvalue weighted by Gasteiger charge is 2.28. The number of hydrogen-bond acceptors (Lipinski definition) is 4. The molecule has 1 aromatic rings. The van der Waals surface area contributed by atoms with Crippen LogP contribution in [0.4, 0.5) is 0 Å². The van der Waals surface area contributed by atoms with Crippen molar-refractivity contribution in [3.8, 4) is 0 Å². The third-order valence-corrected chi connectivity index (χ3v) is 6.54. The fourth-order valence-electron chi connectivity index (χ4n) is 3.00. The molecule has 0 bridgehead atoms. The lowest BCUT2D eigenvalue weighted by Crippen LogP contribution is -2.51. The maximum atomic E-state index is 12.5. The lowest BCUT2D eigenvalue weighted by Gasteiger charge is -2.34. The van der Waals surface area contributed by atoms with Crippen LogP contribution in [-0.2, 0) is 26.0 Å². The van der Waals surface area contributed by atoms with E-state index in [-0.39, 0.29) is 11.7 Å². The Morgan fingerprint density at radius 3 is 2.48 bits per heavy atom. The molecule has 1 heterocycles. The van der Waals surface area contributed by atoms with Crippen LogP contribution in [-0.4, -0.2) is 69.2 Å². The summed E-state index contributed by atoms with van der Waals surface area (Å²) in [5.74, 6) is 0.155. The number of carbonyl (C=O) groups is 1. The molecule has 0 aliphatic carbocycles. The van der Waals surface area contributed by atoms with Crippen LogP contribution < -0.4 is 0 Å². The summed E-state index contributed by atoms with van der Waals surface area (Å²) in [5.41, 5.74) is 3.29. The molecule has 0 saturated carbocycles. The van der Waals surface area contributed by atoms with Gasteiger partial charge in [0.05, 0.1) is 12.2 Å². The zero-order valence-electron chi connectivity index (χ0n) is 15.3. The number of benzene rings is 1. The molecule has 6 nitrogen and oxygen atoms in total. The summed E-state index contributed by atoms with van der Waals surface area (Å²) in [6.07, 6.45) is 0.860. The molecule has 2 rings (SSSR count). The maximum Gasteiger partial charge on any atom is 0.227 e. The largest absolute Gasteiger partial charge is 0.385 e. The maximum absolute atomic E-state index is 12.5. The fourth-order valence-corrected chi connectivity index (χ4v) is 4.46. The molecule has 1 aliphatic rings. The van der Waals surface area contributed by atoms with E-state index in [1.54, 1.807) is 12.0 Å². The van der Waals surface area contributed by atoms with Crippen molar-refractivity contribution in [2.75, 3.05) is 45.6 Å². The highest BCUT2D eigenvalue weighted by Crippen LogP contribution is 2.15. The van der Waals surface area contributed by atoms with Gasteiger partial charge in [0, 0.05) is 39.9 Å². The molecule has 1 amide bonds. The van der Waals surface area contributed by atoms with Crippen LogP contribution in [0.15, 0.2) is 18.2 Å². The molecule has 25 heavy (non-hydrogen) atoms. The molecule has 1 aromatic carbocycles. The van der Waals surface area contributed by atoms with Gasteiger partial charge in [-0.15, -0.1) is 0 Å². The van der Waals surface area contributed by atoms with E-state index in [2.05, 4.69) is 0 Å². The van der Waals surface area contributed by atoms with Gasteiger partial charge in [-0.3, -0.25) is 4.79 Å². The second kappa shape index (κ2) is 8.78. The van der Waals surface area contributed by atoms with Crippen LogP contribution in [0.3, 0.4) is 0 Å². The van der Waals surface area contributed by atoms with Crippen LogP contribution in [0, 0.1) is 13.8 Å². The van der Waals surface area contributed by atoms with Gasteiger partial charge >= 0.3 is 0 Å². The van der Waals surface area contributed by atoms with E-state index >= 15 is 0 Å². The average Bonchev–Trinajstić information content (AvgIpc) is 2.58. The van der Waals surface area contributed by atoms with E-state index in [1.807, 2.05) is 32.0 Å². The number of rotatable bonds is 7. The number of carbonyl (C=O) groups excluding carboxylic acids is 1. The summed E-state index contributed by atoms with van der Waals surface area (Å²) in [7, 11) is -1.70. The molecule has 0 aromatic heterocycles. The summed E-state index contributed by atoms with van der Waals surface area (Å²) in [4.78, 5) is 14.3. The van der Waals surface area contributed by atoms with Crippen LogP contribution in [0.2, 0.25) is 0 Å². The van der Waals surface area contributed by atoms with Gasteiger partial charge in [0.2, 0.25) is 15.9 Å². The second-order valence-corrected chi connectivity index (χ2v) is 8.64. The second-order valence-electron chi connectivity index (χ2n) is 6.55. The van der Waals surface area contributed by atoms with E-state index < -0.39 is 10.0 Å². The normalized spacial score (nSPS) is 16.2. The molecular formula is C18H28N2O4S. The average molecular weight is 368 g/mol. The predicted octanol–water partition coefficient (Wildman–Crippen LogP) is 1.36. The van der Waals surface area contributed by atoms with Crippen molar-refractivity contribution in [1.29, 1.82) is 0 Å².